The summed E-state index contributed by atoms with van der Waals surface area (Å²) in [7, 11) is 0. The summed E-state index contributed by atoms with van der Waals surface area (Å²) in [5.74, 6) is 3.33. The maximum Gasteiger partial charge on any atom is 0.239 e. The van der Waals surface area contributed by atoms with E-state index in [0.29, 0.717) is 0 Å². The average Bonchev–Trinajstić information content (AvgIpc) is 3.14. The molecule has 0 spiro atoms. The SMILES string of the molecule is Cc1cnc(-c2[c-]cc(C)c(-c3ccccc3)c2)cc1C.[Ir].[c-]1cc2c3c(c1-c1ccccn1)Oc1ccccc1B3c1ccccc1O2. The van der Waals surface area contributed by atoms with Gasteiger partial charge < -0.3 is 19.4 Å². The van der Waals surface area contributed by atoms with E-state index in [1.165, 1.54) is 27.8 Å². The first-order valence-electron chi connectivity index (χ1n) is 16.1. The van der Waals surface area contributed by atoms with Gasteiger partial charge in [0.2, 0.25) is 6.71 Å². The van der Waals surface area contributed by atoms with Crippen molar-refractivity contribution in [2.75, 3.05) is 0 Å². The molecule has 2 aliphatic rings. The molecular formula is C43H31BIrN2O2-2. The Morgan fingerprint density at radius 1 is 0.592 bits per heavy atom. The van der Waals surface area contributed by atoms with Crippen molar-refractivity contribution in [1.82, 2.24) is 9.97 Å². The number of hydrogen-bond donors (Lipinski definition) is 0. The predicted octanol–water partition coefficient (Wildman–Crippen LogP) is 8.41. The summed E-state index contributed by atoms with van der Waals surface area (Å²) in [6, 6.07) is 47.7. The molecular weight excluding hydrogens is 780 g/mol. The first kappa shape index (κ1) is 32.3. The van der Waals surface area contributed by atoms with E-state index in [9.17, 15) is 0 Å². The molecule has 239 valence electrons. The maximum absolute atomic E-state index is 6.37. The molecule has 1 radical (unpaired) electrons. The van der Waals surface area contributed by atoms with Crippen LogP contribution in [0, 0.1) is 32.9 Å². The van der Waals surface area contributed by atoms with Crippen LogP contribution in [-0.2, 0) is 20.1 Å². The van der Waals surface area contributed by atoms with Crippen LogP contribution in [0.5, 0.6) is 23.0 Å². The van der Waals surface area contributed by atoms with Gasteiger partial charge in [-0.15, -0.1) is 41.5 Å². The van der Waals surface area contributed by atoms with Crippen molar-refractivity contribution in [3.8, 4) is 56.6 Å². The first-order valence-corrected chi connectivity index (χ1v) is 16.1. The Bertz CT molecular complexity index is 2280. The van der Waals surface area contributed by atoms with Crippen LogP contribution in [0.15, 0.2) is 134 Å². The van der Waals surface area contributed by atoms with E-state index >= 15 is 0 Å². The van der Waals surface area contributed by atoms with Crippen molar-refractivity contribution in [1.29, 1.82) is 0 Å². The van der Waals surface area contributed by atoms with Crippen LogP contribution in [-0.4, -0.2) is 16.7 Å². The zero-order valence-corrected chi connectivity index (χ0v) is 29.7. The van der Waals surface area contributed by atoms with Crippen molar-refractivity contribution in [2.24, 2.45) is 0 Å². The molecule has 0 unspecified atom stereocenters. The zero-order valence-electron chi connectivity index (χ0n) is 27.3. The second-order valence-corrected chi connectivity index (χ2v) is 12.2. The number of fused-ring (bicyclic) bond motifs is 4. The Morgan fingerprint density at radius 3 is 2.00 bits per heavy atom. The number of aryl methyl sites for hydroxylation is 3. The minimum absolute atomic E-state index is 0. The molecule has 0 bridgehead atoms. The molecule has 4 heterocycles. The van der Waals surface area contributed by atoms with Crippen LogP contribution < -0.4 is 25.9 Å². The molecule has 5 aromatic carbocycles. The molecule has 0 saturated heterocycles. The maximum atomic E-state index is 6.37. The minimum atomic E-state index is 0. The second-order valence-electron chi connectivity index (χ2n) is 12.2. The molecule has 49 heavy (non-hydrogen) atoms. The average molecular weight is 811 g/mol. The van der Waals surface area contributed by atoms with Crippen LogP contribution in [0.25, 0.3) is 33.6 Å². The van der Waals surface area contributed by atoms with Gasteiger partial charge >= 0.3 is 0 Å². The van der Waals surface area contributed by atoms with Crippen molar-refractivity contribution < 1.29 is 29.6 Å². The van der Waals surface area contributed by atoms with Crippen LogP contribution in [0.4, 0.5) is 0 Å². The number of aromatic nitrogens is 2. The van der Waals surface area contributed by atoms with E-state index in [1.54, 1.807) is 6.20 Å². The van der Waals surface area contributed by atoms with E-state index in [1.807, 2.05) is 60.8 Å². The number of rotatable bonds is 3. The summed E-state index contributed by atoms with van der Waals surface area (Å²) in [6.07, 6.45) is 3.72. The number of pyridine rings is 2. The molecule has 6 heteroatoms. The fourth-order valence-electron chi connectivity index (χ4n) is 6.44. The third-order valence-electron chi connectivity index (χ3n) is 9.08. The molecule has 0 aliphatic carbocycles. The summed E-state index contributed by atoms with van der Waals surface area (Å²) in [5, 5.41) is 0. The molecule has 2 aliphatic heterocycles. The van der Waals surface area contributed by atoms with Gasteiger partial charge in [0.15, 0.2) is 0 Å². The van der Waals surface area contributed by atoms with Crippen molar-refractivity contribution in [2.45, 2.75) is 20.8 Å². The smallest absolute Gasteiger partial charge is 0.239 e. The molecule has 0 amide bonds. The quantitative estimate of drug-likeness (QED) is 0.133. The fraction of sp³-hybridized carbons (Fsp3) is 0.0698. The van der Waals surface area contributed by atoms with Gasteiger partial charge in [-0.05, 0) is 65.5 Å². The van der Waals surface area contributed by atoms with Crippen molar-refractivity contribution >= 4 is 23.1 Å². The largest absolute Gasteiger partial charge is 0.503 e. The predicted molar refractivity (Wildman–Crippen MR) is 194 cm³/mol. The Morgan fingerprint density at radius 2 is 1.29 bits per heavy atom. The van der Waals surface area contributed by atoms with Gasteiger partial charge in [0.05, 0.1) is 0 Å². The van der Waals surface area contributed by atoms with Crippen LogP contribution in [0.2, 0.25) is 0 Å². The summed E-state index contributed by atoms with van der Waals surface area (Å²) in [5.41, 5.74) is 13.3. The van der Waals surface area contributed by atoms with Crippen molar-refractivity contribution in [3.05, 3.63) is 163 Å². The molecule has 0 saturated carbocycles. The molecule has 0 atom stereocenters. The number of hydrogen-bond acceptors (Lipinski definition) is 4. The molecule has 0 N–H and O–H groups in total. The Kier molecular flexibility index (Phi) is 9.01. The molecule has 4 nitrogen and oxygen atoms in total. The topological polar surface area (TPSA) is 44.2 Å². The Hall–Kier alpha value is -5.29. The summed E-state index contributed by atoms with van der Waals surface area (Å²) in [6.45, 7) is 6.39. The fourth-order valence-corrected chi connectivity index (χ4v) is 6.44. The third-order valence-corrected chi connectivity index (χ3v) is 9.08. The van der Waals surface area contributed by atoms with Gasteiger partial charge in [-0.1, -0.05) is 114 Å². The Labute approximate surface area is 301 Å². The summed E-state index contributed by atoms with van der Waals surface area (Å²) >= 11 is 0. The van der Waals surface area contributed by atoms with Crippen molar-refractivity contribution in [3.63, 3.8) is 0 Å². The van der Waals surface area contributed by atoms with Crippen LogP contribution >= 0.6 is 0 Å². The molecule has 9 rings (SSSR count). The van der Waals surface area contributed by atoms with Gasteiger partial charge in [0, 0.05) is 44.0 Å². The number of ether oxygens (including phenoxy) is 2. The van der Waals surface area contributed by atoms with Gasteiger partial charge in [0.1, 0.15) is 11.5 Å². The van der Waals surface area contributed by atoms with E-state index in [2.05, 4.69) is 110 Å². The van der Waals surface area contributed by atoms with Gasteiger partial charge in [-0.3, -0.25) is 0 Å². The monoisotopic (exact) mass is 811 g/mol. The van der Waals surface area contributed by atoms with E-state index in [-0.39, 0.29) is 26.8 Å². The first-order chi connectivity index (χ1) is 23.5. The van der Waals surface area contributed by atoms with Gasteiger partial charge in [-0.25, -0.2) is 0 Å². The number of para-hydroxylation sites is 2. The standard InChI is InChI=1S/C23H13BNO2.C20H18N.Ir/c1-3-10-19-16(7-1)24-17-8-2-4-11-20(17)27-23-15(18-9-5-6-14-25-18)12-13-21(26-19)22(23)24;1-14-9-10-18(20-11-15(2)16(3)13-21-20)12-19(14)17-7-5-4-6-8-17;/h1-11,13-14H;4-9,11-13H,1-3H3;/q2*-1;. The second kappa shape index (κ2) is 13.7. The Balaban J connectivity index is 0.000000156. The summed E-state index contributed by atoms with van der Waals surface area (Å²) in [4.78, 5) is 9.05. The minimum Gasteiger partial charge on any atom is -0.503 e. The zero-order chi connectivity index (χ0) is 32.6. The van der Waals surface area contributed by atoms with E-state index in [4.69, 9.17) is 9.47 Å². The van der Waals surface area contributed by atoms with E-state index in [0.717, 1.165) is 61.9 Å². The molecule has 0 fully saturated rings. The van der Waals surface area contributed by atoms with Crippen LogP contribution in [0.1, 0.15) is 16.7 Å². The molecule has 7 aromatic rings. The number of benzene rings is 5. The normalized spacial score (nSPS) is 11.7. The van der Waals surface area contributed by atoms with Crippen LogP contribution in [0.3, 0.4) is 0 Å². The number of nitrogens with zero attached hydrogens (tertiary/aromatic N) is 2. The third kappa shape index (κ3) is 6.10. The summed E-state index contributed by atoms with van der Waals surface area (Å²) < 4.78 is 12.6. The molecule has 2 aromatic heterocycles. The van der Waals surface area contributed by atoms with Gasteiger partial charge in [-0.2, -0.15) is 0 Å². The van der Waals surface area contributed by atoms with E-state index < -0.39 is 0 Å². The van der Waals surface area contributed by atoms with Gasteiger partial charge in [0.25, 0.3) is 0 Å².